The Morgan fingerprint density at radius 3 is 2.38 bits per heavy atom. The Labute approximate surface area is 169 Å². The number of ether oxygens (including phenoxy) is 1. The molecule has 0 amide bonds. The fourth-order valence-corrected chi connectivity index (χ4v) is 3.28. The molecule has 0 saturated heterocycles. The van der Waals surface area contributed by atoms with Crippen LogP contribution in [-0.4, -0.2) is 11.0 Å². The van der Waals surface area contributed by atoms with E-state index in [0.717, 1.165) is 22.4 Å². The number of aromatic carboxylic acids is 1. The lowest BCUT2D eigenvalue weighted by Crippen LogP contribution is -2.22. The highest BCUT2D eigenvalue weighted by atomic mass is 16.5. The van der Waals surface area contributed by atoms with Crippen LogP contribution in [0.2, 0.25) is 0 Å². The molecule has 0 N–H and O–H groups in total. The Hall–Kier alpha value is -3.66. The van der Waals surface area contributed by atoms with E-state index in [1.807, 2.05) is 55.5 Å². The second kappa shape index (κ2) is 7.76. The second-order valence-corrected chi connectivity index (χ2v) is 7.11. The molecule has 4 aromatic rings. The normalized spacial score (nSPS) is 10.8. The summed E-state index contributed by atoms with van der Waals surface area (Å²) < 4.78 is 5.85. The van der Waals surface area contributed by atoms with Crippen LogP contribution in [0.1, 0.15) is 27.0 Å². The highest BCUT2D eigenvalue weighted by Crippen LogP contribution is 2.28. The number of carbonyl (C=O) groups excluding carboxylic acids is 1. The molecule has 0 aliphatic rings. The van der Waals surface area contributed by atoms with Crippen molar-refractivity contribution in [1.29, 1.82) is 0 Å². The van der Waals surface area contributed by atoms with Gasteiger partial charge < -0.3 is 14.6 Å². The molecule has 0 aliphatic carbocycles. The summed E-state index contributed by atoms with van der Waals surface area (Å²) in [5.41, 5.74) is 5.47. The van der Waals surface area contributed by atoms with Crippen LogP contribution in [0.25, 0.3) is 22.2 Å². The highest BCUT2D eigenvalue weighted by molar-refractivity contribution is 6.03. The quantitative estimate of drug-likeness (QED) is 0.511. The van der Waals surface area contributed by atoms with Crippen molar-refractivity contribution < 1.29 is 14.6 Å². The predicted molar refractivity (Wildman–Crippen MR) is 112 cm³/mol. The zero-order valence-corrected chi connectivity index (χ0v) is 16.3. The number of carbonyl (C=O) groups is 1. The van der Waals surface area contributed by atoms with Gasteiger partial charge in [0.05, 0.1) is 17.2 Å². The smallest absolute Gasteiger partial charge is 0.119 e. The molecule has 4 heteroatoms. The van der Waals surface area contributed by atoms with Gasteiger partial charge in [0.1, 0.15) is 12.4 Å². The van der Waals surface area contributed by atoms with Crippen molar-refractivity contribution in [3.8, 4) is 17.0 Å². The summed E-state index contributed by atoms with van der Waals surface area (Å²) >= 11 is 0. The van der Waals surface area contributed by atoms with E-state index in [-0.39, 0.29) is 5.56 Å². The van der Waals surface area contributed by atoms with Crippen LogP contribution in [0.15, 0.2) is 72.8 Å². The summed E-state index contributed by atoms with van der Waals surface area (Å²) in [5.74, 6) is -0.464. The van der Waals surface area contributed by atoms with E-state index in [9.17, 15) is 9.90 Å². The summed E-state index contributed by atoms with van der Waals surface area (Å²) in [6.45, 7) is 4.46. The van der Waals surface area contributed by atoms with Gasteiger partial charge in [-0.3, -0.25) is 0 Å². The lowest BCUT2D eigenvalue weighted by atomic mass is 10.0. The molecule has 3 aromatic carbocycles. The maximum atomic E-state index is 11.6. The Morgan fingerprint density at radius 1 is 0.966 bits per heavy atom. The Morgan fingerprint density at radius 2 is 1.69 bits per heavy atom. The van der Waals surface area contributed by atoms with Crippen LogP contribution in [0, 0.1) is 13.8 Å². The standard InChI is InChI=1S/C25H21NO3/c1-16-6-8-18(9-7-16)15-29-20-12-10-19(11-13-20)23-14-22(25(27)28)21-5-3-4-17(2)24(21)26-23/h3-14H,15H2,1-2H3,(H,27,28)/p-1. The summed E-state index contributed by atoms with van der Waals surface area (Å²) in [7, 11) is 0. The number of rotatable bonds is 5. The molecule has 0 fully saturated rings. The molecule has 0 saturated carbocycles. The van der Waals surface area contributed by atoms with Crippen LogP contribution in [0.5, 0.6) is 5.75 Å². The molecule has 144 valence electrons. The van der Waals surface area contributed by atoms with Gasteiger partial charge in [-0.25, -0.2) is 4.98 Å². The minimum absolute atomic E-state index is 0.147. The molecule has 0 spiro atoms. The van der Waals surface area contributed by atoms with Crippen LogP contribution in [0.3, 0.4) is 0 Å². The van der Waals surface area contributed by atoms with Gasteiger partial charge in [-0.15, -0.1) is 0 Å². The maximum absolute atomic E-state index is 11.6. The number of para-hydroxylation sites is 1. The average Bonchev–Trinajstić information content (AvgIpc) is 2.73. The van der Waals surface area contributed by atoms with Crippen LogP contribution in [-0.2, 0) is 6.61 Å². The van der Waals surface area contributed by atoms with E-state index in [1.54, 1.807) is 12.1 Å². The molecule has 1 aromatic heterocycles. The number of hydrogen-bond acceptors (Lipinski definition) is 4. The van der Waals surface area contributed by atoms with Crippen LogP contribution in [0.4, 0.5) is 0 Å². The van der Waals surface area contributed by atoms with Gasteiger partial charge in [-0.1, -0.05) is 48.0 Å². The van der Waals surface area contributed by atoms with E-state index >= 15 is 0 Å². The minimum Gasteiger partial charge on any atom is -0.545 e. The van der Waals surface area contributed by atoms with E-state index in [0.29, 0.717) is 23.2 Å². The van der Waals surface area contributed by atoms with Gasteiger partial charge in [0.25, 0.3) is 0 Å². The first-order valence-electron chi connectivity index (χ1n) is 9.42. The fourth-order valence-electron chi connectivity index (χ4n) is 3.28. The van der Waals surface area contributed by atoms with Gasteiger partial charge in [-0.05, 0) is 55.3 Å². The zero-order chi connectivity index (χ0) is 20.4. The third-order valence-corrected chi connectivity index (χ3v) is 4.94. The predicted octanol–water partition coefficient (Wildman–Crippen LogP) is 4.46. The highest BCUT2D eigenvalue weighted by Gasteiger charge is 2.10. The molecule has 29 heavy (non-hydrogen) atoms. The number of carboxylic acids is 1. The van der Waals surface area contributed by atoms with E-state index in [2.05, 4.69) is 24.0 Å². The second-order valence-electron chi connectivity index (χ2n) is 7.11. The summed E-state index contributed by atoms with van der Waals surface area (Å²) in [6.07, 6.45) is 0. The van der Waals surface area contributed by atoms with Crippen molar-refractivity contribution in [3.63, 3.8) is 0 Å². The molecule has 4 nitrogen and oxygen atoms in total. The van der Waals surface area contributed by atoms with Crippen molar-refractivity contribution in [2.45, 2.75) is 20.5 Å². The monoisotopic (exact) mass is 382 g/mol. The minimum atomic E-state index is -1.21. The molecular formula is C25H20NO3-. The topological polar surface area (TPSA) is 62.2 Å². The Kier molecular flexibility index (Phi) is 5.00. The fraction of sp³-hybridized carbons (Fsp3) is 0.120. The molecule has 0 unspecified atom stereocenters. The Balaban J connectivity index is 1.61. The largest absolute Gasteiger partial charge is 0.545 e. The van der Waals surface area contributed by atoms with Crippen molar-refractivity contribution in [2.24, 2.45) is 0 Å². The van der Waals surface area contributed by atoms with Gasteiger partial charge in [0.2, 0.25) is 0 Å². The lowest BCUT2D eigenvalue weighted by molar-refractivity contribution is -0.254. The van der Waals surface area contributed by atoms with Gasteiger partial charge in [-0.2, -0.15) is 0 Å². The van der Waals surface area contributed by atoms with Gasteiger partial charge in [0.15, 0.2) is 0 Å². The van der Waals surface area contributed by atoms with Gasteiger partial charge in [0, 0.05) is 16.5 Å². The Bertz CT molecular complexity index is 1180. The number of aromatic nitrogens is 1. The first-order valence-corrected chi connectivity index (χ1v) is 9.42. The number of nitrogens with zero attached hydrogens (tertiary/aromatic N) is 1. The molecule has 0 radical (unpaired) electrons. The van der Waals surface area contributed by atoms with E-state index in [4.69, 9.17) is 4.74 Å². The number of fused-ring (bicyclic) bond motifs is 1. The van der Waals surface area contributed by atoms with Crippen LogP contribution < -0.4 is 9.84 Å². The molecule has 0 bridgehead atoms. The number of pyridine rings is 1. The summed E-state index contributed by atoms with van der Waals surface area (Å²) in [4.78, 5) is 16.3. The molecular weight excluding hydrogens is 362 g/mol. The third-order valence-electron chi connectivity index (χ3n) is 4.94. The van der Waals surface area contributed by atoms with Crippen LogP contribution >= 0.6 is 0 Å². The SMILES string of the molecule is Cc1ccc(COc2ccc(-c3cc(C(=O)[O-])c4cccc(C)c4n3)cc2)cc1. The van der Waals surface area contributed by atoms with Crippen molar-refractivity contribution in [1.82, 2.24) is 4.98 Å². The third kappa shape index (κ3) is 3.97. The van der Waals surface area contributed by atoms with E-state index in [1.165, 1.54) is 5.56 Å². The zero-order valence-electron chi connectivity index (χ0n) is 16.3. The first kappa shape index (κ1) is 18.7. The molecule has 0 atom stereocenters. The van der Waals surface area contributed by atoms with Crippen molar-refractivity contribution in [2.75, 3.05) is 0 Å². The van der Waals surface area contributed by atoms with Crippen molar-refractivity contribution in [3.05, 3.63) is 95.1 Å². The van der Waals surface area contributed by atoms with Gasteiger partial charge >= 0.3 is 0 Å². The van der Waals surface area contributed by atoms with Crippen molar-refractivity contribution >= 4 is 16.9 Å². The lowest BCUT2D eigenvalue weighted by Gasteiger charge is -2.12. The molecule has 4 rings (SSSR count). The maximum Gasteiger partial charge on any atom is 0.119 e. The van der Waals surface area contributed by atoms with E-state index < -0.39 is 5.97 Å². The average molecular weight is 382 g/mol. The summed E-state index contributed by atoms with van der Waals surface area (Å²) in [5, 5.41) is 12.2. The molecule has 0 aliphatic heterocycles. The number of hydrogen-bond donors (Lipinski definition) is 0. The molecule has 1 heterocycles. The number of benzene rings is 3. The number of carboxylic acid groups (broad SMARTS) is 1. The summed E-state index contributed by atoms with van der Waals surface area (Å²) in [6, 6.07) is 22.8. The first-order chi connectivity index (χ1) is 14.0. The number of aryl methyl sites for hydroxylation is 2.